The quantitative estimate of drug-likeness (QED) is 0.103. The first kappa shape index (κ1) is 39.4. The van der Waals surface area contributed by atoms with E-state index in [4.69, 9.17) is 0 Å². The number of carboxylic acid groups (broad SMARTS) is 1. The van der Waals surface area contributed by atoms with E-state index in [0.717, 1.165) is 25.3 Å². The Morgan fingerprint density at radius 1 is 0.891 bits per heavy atom. The lowest BCUT2D eigenvalue weighted by Crippen LogP contribution is -2.55. The maximum Gasteiger partial charge on any atom is 0.326 e. The number of fused-ring (bicyclic) bond motifs is 2. The van der Waals surface area contributed by atoms with Crippen molar-refractivity contribution in [3.63, 3.8) is 0 Å². The van der Waals surface area contributed by atoms with E-state index in [1.807, 2.05) is 13.8 Å². The zero-order valence-electron chi connectivity index (χ0n) is 31.8. The van der Waals surface area contributed by atoms with Gasteiger partial charge in [-0.15, -0.1) is 0 Å². The van der Waals surface area contributed by atoms with Crippen LogP contribution in [0.2, 0.25) is 0 Å². The van der Waals surface area contributed by atoms with Crippen LogP contribution in [-0.4, -0.2) is 98.5 Å². The Labute approximate surface area is 318 Å². The predicted molar refractivity (Wildman–Crippen MR) is 206 cm³/mol. The fourth-order valence-electron chi connectivity index (χ4n) is 8.23. The zero-order chi connectivity index (χ0) is 39.1. The monoisotopic (exact) mass is 759 g/mol. The summed E-state index contributed by atoms with van der Waals surface area (Å²) in [7, 11) is 0. The van der Waals surface area contributed by atoms with Crippen LogP contribution in [0.4, 0.5) is 11.6 Å². The fourth-order valence-corrected chi connectivity index (χ4v) is 8.23. The molecular formula is C37H53N13O5. The summed E-state index contributed by atoms with van der Waals surface area (Å²) in [4.78, 5) is 77.1. The summed E-state index contributed by atoms with van der Waals surface area (Å²) in [5, 5.41) is 28.6. The second-order valence-corrected chi connectivity index (χ2v) is 16.0. The van der Waals surface area contributed by atoms with Gasteiger partial charge in [0.15, 0.2) is 22.9 Å². The molecule has 55 heavy (non-hydrogen) atoms. The number of anilines is 2. The van der Waals surface area contributed by atoms with Crippen molar-refractivity contribution in [3.8, 4) is 6.07 Å². The Hall–Kier alpha value is -5.31. The zero-order valence-corrected chi connectivity index (χ0v) is 31.8. The van der Waals surface area contributed by atoms with Gasteiger partial charge in [0.1, 0.15) is 41.3 Å². The molecule has 3 aliphatic rings. The highest BCUT2D eigenvalue weighted by Gasteiger charge is 2.43. The van der Waals surface area contributed by atoms with Crippen LogP contribution in [0, 0.1) is 29.1 Å². The van der Waals surface area contributed by atoms with Crippen LogP contribution in [0.25, 0.3) is 22.3 Å². The molecule has 3 fully saturated rings. The molecule has 1 aliphatic heterocycles. The van der Waals surface area contributed by atoms with E-state index in [-0.39, 0.29) is 17.5 Å². The molecule has 7 rings (SSSR count). The molecule has 296 valence electrons. The van der Waals surface area contributed by atoms with Crippen molar-refractivity contribution in [2.45, 2.75) is 121 Å². The number of carbonyl (C=O) groups excluding carboxylic acids is 1. The van der Waals surface area contributed by atoms with E-state index in [2.05, 4.69) is 73.7 Å². The number of rotatable bonds is 12. The number of nitrogens with one attached hydrogen (secondary N) is 7. The summed E-state index contributed by atoms with van der Waals surface area (Å²) < 4.78 is 0. The van der Waals surface area contributed by atoms with Crippen molar-refractivity contribution >= 4 is 45.8 Å². The van der Waals surface area contributed by atoms with Gasteiger partial charge in [-0.3, -0.25) is 19.7 Å². The molecular weight excluding hydrogens is 706 g/mol. The SMILES string of the molecule is CC(C)CC(Nc1ncnc2[nH]c(=O)[nH]c12)C(=O)O.CC1CCC(N2CCC(C#N)(NC(=O)C(CC3CCCCC3)Nc3ncnc4[nH]c(=O)[nH]c34)C2)CC1. The summed E-state index contributed by atoms with van der Waals surface area (Å²) in [6, 6.07) is 1.64. The summed E-state index contributed by atoms with van der Waals surface area (Å²) in [5.41, 5.74) is -0.0780. The standard InChI is InChI=1S/C26H38N8O2.C11H15N5O3/c1-17-7-9-19(10-8-17)34-12-11-26(14-27,15-34)33-24(35)20(13-18-5-3-2-4-6-18)30-22-21-23(29-16-28-22)32-25(36)31-21;1-5(2)3-6(10(17)18)14-8-7-9(13-4-12-8)16-11(19)15-7/h16-20H,2-13,15H2,1H3,(H,33,35)(H3,28,29,30,31,32,36);4-6H,3H2,1-2H3,(H,17,18)(H3,12,13,14,15,16,19). The summed E-state index contributed by atoms with van der Waals surface area (Å²) >= 11 is 0. The number of nitriles is 1. The molecule has 2 saturated carbocycles. The average molecular weight is 760 g/mol. The maximum absolute atomic E-state index is 13.7. The van der Waals surface area contributed by atoms with Gasteiger partial charge in [-0.1, -0.05) is 52.9 Å². The second kappa shape index (κ2) is 17.4. The summed E-state index contributed by atoms with van der Waals surface area (Å²) in [5.74, 6) is 1.02. The average Bonchev–Trinajstić information content (AvgIpc) is 3.88. The van der Waals surface area contributed by atoms with Gasteiger partial charge in [0.25, 0.3) is 0 Å². The molecule has 8 N–H and O–H groups in total. The molecule has 0 spiro atoms. The van der Waals surface area contributed by atoms with Crippen LogP contribution >= 0.6 is 0 Å². The number of hydrogen-bond acceptors (Lipinski definition) is 12. The van der Waals surface area contributed by atoms with E-state index in [1.54, 1.807) is 0 Å². The van der Waals surface area contributed by atoms with Crippen LogP contribution in [0.1, 0.15) is 97.8 Å². The van der Waals surface area contributed by atoms with Crippen LogP contribution in [0.3, 0.4) is 0 Å². The van der Waals surface area contributed by atoms with Gasteiger partial charge in [0.2, 0.25) is 5.91 Å². The molecule has 3 unspecified atom stereocenters. The molecule has 0 radical (unpaired) electrons. The van der Waals surface area contributed by atoms with E-state index >= 15 is 0 Å². The van der Waals surface area contributed by atoms with Crippen LogP contribution in [0.5, 0.6) is 0 Å². The molecule has 18 nitrogen and oxygen atoms in total. The fraction of sp³-hybridized carbons (Fsp3) is 0.649. The van der Waals surface area contributed by atoms with E-state index in [1.165, 1.54) is 57.6 Å². The minimum atomic E-state index is -0.960. The Kier molecular flexibility index (Phi) is 12.5. The maximum atomic E-state index is 13.7. The van der Waals surface area contributed by atoms with Crippen LogP contribution < -0.4 is 27.3 Å². The number of likely N-dealkylation sites (tertiary alicyclic amines) is 1. The number of carbonyl (C=O) groups is 2. The first-order valence-electron chi connectivity index (χ1n) is 19.5. The van der Waals surface area contributed by atoms with Gasteiger partial charge < -0.3 is 31.0 Å². The van der Waals surface area contributed by atoms with Gasteiger partial charge in [0.05, 0.1) is 6.07 Å². The highest BCUT2D eigenvalue weighted by molar-refractivity contribution is 5.89. The van der Waals surface area contributed by atoms with E-state index < -0.39 is 29.3 Å². The number of amides is 1. The number of aromatic amines is 4. The van der Waals surface area contributed by atoms with E-state index in [0.29, 0.717) is 71.7 Å². The molecule has 1 amide bonds. The van der Waals surface area contributed by atoms with Crippen molar-refractivity contribution in [1.29, 1.82) is 5.26 Å². The Morgan fingerprint density at radius 3 is 2.02 bits per heavy atom. The molecule has 18 heteroatoms. The number of aromatic nitrogens is 8. The molecule has 5 heterocycles. The Morgan fingerprint density at radius 2 is 1.47 bits per heavy atom. The lowest BCUT2D eigenvalue weighted by molar-refractivity contribution is -0.138. The molecule has 0 aromatic carbocycles. The van der Waals surface area contributed by atoms with Crippen LogP contribution in [-0.2, 0) is 9.59 Å². The van der Waals surface area contributed by atoms with Crippen LogP contribution in [0.15, 0.2) is 22.2 Å². The van der Waals surface area contributed by atoms with Crippen molar-refractivity contribution in [1.82, 2.24) is 50.1 Å². The number of nitrogens with zero attached hydrogens (tertiary/aromatic N) is 6. The van der Waals surface area contributed by atoms with E-state index in [9.17, 15) is 29.5 Å². The van der Waals surface area contributed by atoms with Crippen molar-refractivity contribution in [2.75, 3.05) is 23.7 Å². The smallest absolute Gasteiger partial charge is 0.326 e. The Balaban J connectivity index is 0.000000228. The van der Waals surface area contributed by atoms with Crippen molar-refractivity contribution < 1.29 is 14.7 Å². The first-order valence-corrected chi connectivity index (χ1v) is 19.5. The molecule has 3 atom stereocenters. The summed E-state index contributed by atoms with van der Waals surface area (Å²) in [6.45, 7) is 7.60. The third-order valence-corrected chi connectivity index (χ3v) is 11.2. The molecule has 1 saturated heterocycles. The molecule has 4 aromatic heterocycles. The predicted octanol–water partition coefficient (Wildman–Crippen LogP) is 3.62. The second-order valence-electron chi connectivity index (χ2n) is 16.0. The number of carboxylic acids is 1. The molecule has 2 aliphatic carbocycles. The largest absolute Gasteiger partial charge is 0.480 e. The van der Waals surface area contributed by atoms with Crippen molar-refractivity contribution in [2.24, 2.45) is 17.8 Å². The lowest BCUT2D eigenvalue weighted by atomic mass is 9.84. The highest BCUT2D eigenvalue weighted by Crippen LogP contribution is 2.33. The number of imidazole rings is 2. The third kappa shape index (κ3) is 9.87. The van der Waals surface area contributed by atoms with Gasteiger partial charge >= 0.3 is 17.3 Å². The minimum Gasteiger partial charge on any atom is -0.480 e. The minimum absolute atomic E-state index is 0.175. The third-order valence-electron chi connectivity index (χ3n) is 11.2. The first-order chi connectivity index (χ1) is 26.4. The highest BCUT2D eigenvalue weighted by atomic mass is 16.4. The molecule has 0 bridgehead atoms. The normalized spacial score (nSPS) is 23.1. The Bertz CT molecular complexity index is 2090. The van der Waals surface area contributed by atoms with Gasteiger partial charge in [-0.2, -0.15) is 5.26 Å². The van der Waals surface area contributed by atoms with Crippen molar-refractivity contribution in [3.05, 3.63) is 33.6 Å². The van der Waals surface area contributed by atoms with Gasteiger partial charge in [-0.05, 0) is 62.7 Å². The van der Waals surface area contributed by atoms with Gasteiger partial charge in [-0.25, -0.2) is 34.3 Å². The number of H-pyrrole nitrogens is 4. The lowest BCUT2D eigenvalue weighted by Gasteiger charge is -2.34. The topological polar surface area (TPSA) is 266 Å². The summed E-state index contributed by atoms with van der Waals surface area (Å²) in [6.07, 6.45) is 15.0. The number of hydrogen-bond donors (Lipinski definition) is 8. The number of aliphatic carboxylic acids is 1. The van der Waals surface area contributed by atoms with Gasteiger partial charge in [0, 0.05) is 19.1 Å². The molecule has 4 aromatic rings.